The lowest BCUT2D eigenvalue weighted by atomic mass is 9.97. The molecule has 122 valence electrons. The summed E-state index contributed by atoms with van der Waals surface area (Å²) in [5.41, 5.74) is 2.01. The predicted molar refractivity (Wildman–Crippen MR) is 97.5 cm³/mol. The molecule has 1 aromatic heterocycles. The van der Waals surface area contributed by atoms with Gasteiger partial charge < -0.3 is 9.72 Å². The molecule has 0 amide bonds. The van der Waals surface area contributed by atoms with E-state index < -0.39 is 0 Å². The molecule has 0 saturated heterocycles. The maximum absolute atomic E-state index is 12.2. The fourth-order valence-corrected chi connectivity index (χ4v) is 3.52. The monoisotopic (exact) mass is 319 g/mol. The van der Waals surface area contributed by atoms with Crippen LogP contribution < -0.4 is 10.3 Å². The Morgan fingerprint density at radius 3 is 2.54 bits per heavy atom. The van der Waals surface area contributed by atoms with Gasteiger partial charge in [-0.05, 0) is 54.8 Å². The Kier molecular flexibility index (Phi) is 4.08. The number of fused-ring (bicyclic) bond motifs is 1. The number of benzene rings is 2. The summed E-state index contributed by atoms with van der Waals surface area (Å²) in [7, 11) is 0. The van der Waals surface area contributed by atoms with Gasteiger partial charge in [0.15, 0.2) is 0 Å². The van der Waals surface area contributed by atoms with Gasteiger partial charge in [0.05, 0.1) is 6.10 Å². The van der Waals surface area contributed by atoms with Crippen molar-refractivity contribution in [2.75, 3.05) is 0 Å². The minimum Gasteiger partial charge on any atom is -0.490 e. The van der Waals surface area contributed by atoms with E-state index in [1.165, 1.54) is 19.3 Å². The third kappa shape index (κ3) is 2.94. The zero-order valence-corrected chi connectivity index (χ0v) is 13.6. The summed E-state index contributed by atoms with van der Waals surface area (Å²) in [5.74, 6) is 0.881. The summed E-state index contributed by atoms with van der Waals surface area (Å²) in [6, 6.07) is 16.1. The molecule has 1 aliphatic rings. The normalized spacial score (nSPS) is 15.5. The second kappa shape index (κ2) is 6.52. The quantitative estimate of drug-likeness (QED) is 0.745. The molecular formula is C21H21NO2. The highest BCUT2D eigenvalue weighted by molar-refractivity contribution is 5.90. The van der Waals surface area contributed by atoms with Crippen LogP contribution in [0.15, 0.2) is 59.5 Å². The summed E-state index contributed by atoms with van der Waals surface area (Å²) < 4.78 is 6.38. The zero-order valence-electron chi connectivity index (χ0n) is 13.6. The molecule has 3 aromatic rings. The average Bonchev–Trinajstić information content (AvgIpc) is 2.63. The lowest BCUT2D eigenvalue weighted by Crippen LogP contribution is -2.20. The first kappa shape index (κ1) is 15.0. The van der Waals surface area contributed by atoms with Gasteiger partial charge in [-0.3, -0.25) is 4.79 Å². The second-order valence-electron chi connectivity index (χ2n) is 6.49. The first-order valence-corrected chi connectivity index (χ1v) is 8.69. The molecule has 1 fully saturated rings. The fraction of sp³-hybridized carbons (Fsp3) is 0.286. The number of H-pyrrole nitrogens is 1. The third-order valence-corrected chi connectivity index (χ3v) is 4.80. The second-order valence-corrected chi connectivity index (χ2v) is 6.49. The molecule has 0 bridgehead atoms. The van der Waals surface area contributed by atoms with Crippen LogP contribution in [0.25, 0.3) is 21.9 Å². The summed E-state index contributed by atoms with van der Waals surface area (Å²) >= 11 is 0. The highest BCUT2D eigenvalue weighted by Gasteiger charge is 2.18. The maximum atomic E-state index is 12.2. The van der Waals surface area contributed by atoms with Crippen molar-refractivity contribution in [1.29, 1.82) is 0 Å². The molecule has 3 nitrogen and oxygen atoms in total. The third-order valence-electron chi connectivity index (χ3n) is 4.80. The van der Waals surface area contributed by atoms with E-state index in [0.717, 1.165) is 35.1 Å². The van der Waals surface area contributed by atoms with Crippen LogP contribution in [-0.4, -0.2) is 11.1 Å². The van der Waals surface area contributed by atoms with E-state index in [1.807, 2.05) is 36.4 Å². The topological polar surface area (TPSA) is 42.1 Å². The van der Waals surface area contributed by atoms with Crippen LogP contribution in [0.5, 0.6) is 5.75 Å². The Hall–Kier alpha value is -2.55. The van der Waals surface area contributed by atoms with Crippen molar-refractivity contribution in [3.63, 3.8) is 0 Å². The van der Waals surface area contributed by atoms with E-state index in [-0.39, 0.29) is 11.7 Å². The average molecular weight is 319 g/mol. The van der Waals surface area contributed by atoms with Gasteiger partial charge in [-0.15, -0.1) is 0 Å². The van der Waals surface area contributed by atoms with Crippen molar-refractivity contribution in [3.8, 4) is 16.9 Å². The number of aromatic nitrogens is 1. The SMILES string of the molecule is O=c1[nH]ccc2cc(OC3CCCCC3)c(-c3ccccc3)cc12. The highest BCUT2D eigenvalue weighted by atomic mass is 16.5. The van der Waals surface area contributed by atoms with Crippen LogP contribution in [0.1, 0.15) is 32.1 Å². The summed E-state index contributed by atoms with van der Waals surface area (Å²) in [6.45, 7) is 0. The van der Waals surface area contributed by atoms with Crippen molar-refractivity contribution in [3.05, 3.63) is 65.1 Å². The van der Waals surface area contributed by atoms with Crippen molar-refractivity contribution in [1.82, 2.24) is 4.98 Å². The number of nitrogens with one attached hydrogen (secondary N) is 1. The van der Waals surface area contributed by atoms with Crippen LogP contribution in [0.3, 0.4) is 0 Å². The standard InChI is InChI=1S/C21H21NO2/c23-21-19-14-18(15-7-3-1-4-8-15)20(13-16(19)11-12-22-21)24-17-9-5-2-6-10-17/h1,3-4,7-8,11-14,17H,2,5-6,9-10H2,(H,22,23). The van der Waals surface area contributed by atoms with Crippen molar-refractivity contribution in [2.45, 2.75) is 38.2 Å². The molecule has 0 unspecified atom stereocenters. The van der Waals surface area contributed by atoms with Crippen LogP contribution in [0.2, 0.25) is 0 Å². The fourth-order valence-electron chi connectivity index (χ4n) is 3.52. The molecule has 1 saturated carbocycles. The van der Waals surface area contributed by atoms with Crippen LogP contribution in [0.4, 0.5) is 0 Å². The first-order valence-electron chi connectivity index (χ1n) is 8.69. The first-order chi connectivity index (χ1) is 11.8. The Labute approximate surface area is 141 Å². The van der Waals surface area contributed by atoms with E-state index in [2.05, 4.69) is 17.1 Å². The minimum absolute atomic E-state index is 0.0612. The smallest absolute Gasteiger partial charge is 0.255 e. The van der Waals surface area contributed by atoms with E-state index in [9.17, 15) is 4.79 Å². The molecule has 2 aromatic carbocycles. The molecule has 1 aliphatic carbocycles. The van der Waals surface area contributed by atoms with Gasteiger partial charge in [0.2, 0.25) is 0 Å². The predicted octanol–water partition coefficient (Wildman–Crippen LogP) is 4.91. The van der Waals surface area contributed by atoms with Crippen LogP contribution in [0, 0.1) is 0 Å². The number of ether oxygens (including phenoxy) is 1. The minimum atomic E-state index is -0.0612. The van der Waals surface area contributed by atoms with E-state index in [4.69, 9.17) is 4.74 Å². The molecule has 1 N–H and O–H groups in total. The molecular weight excluding hydrogens is 298 g/mol. The van der Waals surface area contributed by atoms with Gasteiger partial charge in [-0.25, -0.2) is 0 Å². The van der Waals surface area contributed by atoms with Gasteiger partial charge in [0.1, 0.15) is 5.75 Å². The highest BCUT2D eigenvalue weighted by Crippen LogP contribution is 2.35. The Morgan fingerprint density at radius 2 is 1.75 bits per heavy atom. The molecule has 4 rings (SSSR count). The molecule has 0 spiro atoms. The lowest BCUT2D eigenvalue weighted by molar-refractivity contribution is 0.156. The zero-order chi connectivity index (χ0) is 16.4. The summed E-state index contributed by atoms with van der Waals surface area (Å²) in [4.78, 5) is 14.9. The molecule has 1 heterocycles. The molecule has 3 heteroatoms. The number of hydrogen-bond donors (Lipinski definition) is 1. The van der Waals surface area contributed by atoms with E-state index in [1.54, 1.807) is 6.20 Å². The number of rotatable bonds is 3. The molecule has 0 atom stereocenters. The van der Waals surface area contributed by atoms with Crippen LogP contribution in [-0.2, 0) is 0 Å². The van der Waals surface area contributed by atoms with Gasteiger partial charge >= 0.3 is 0 Å². The van der Waals surface area contributed by atoms with Gasteiger partial charge in [-0.1, -0.05) is 36.8 Å². The Morgan fingerprint density at radius 1 is 0.958 bits per heavy atom. The van der Waals surface area contributed by atoms with E-state index in [0.29, 0.717) is 5.39 Å². The summed E-state index contributed by atoms with van der Waals surface area (Å²) in [5, 5.41) is 1.62. The van der Waals surface area contributed by atoms with Gasteiger partial charge in [0.25, 0.3) is 5.56 Å². The van der Waals surface area contributed by atoms with E-state index >= 15 is 0 Å². The molecule has 0 aliphatic heterocycles. The van der Waals surface area contributed by atoms with Crippen molar-refractivity contribution >= 4 is 10.8 Å². The number of hydrogen-bond acceptors (Lipinski definition) is 2. The number of aromatic amines is 1. The maximum Gasteiger partial charge on any atom is 0.255 e. The van der Waals surface area contributed by atoms with Crippen molar-refractivity contribution < 1.29 is 4.74 Å². The Bertz CT molecular complexity index is 893. The largest absolute Gasteiger partial charge is 0.490 e. The van der Waals surface area contributed by atoms with Gasteiger partial charge in [-0.2, -0.15) is 0 Å². The molecule has 0 radical (unpaired) electrons. The van der Waals surface area contributed by atoms with Crippen LogP contribution >= 0.6 is 0 Å². The Balaban J connectivity index is 1.84. The lowest BCUT2D eigenvalue weighted by Gasteiger charge is -2.24. The summed E-state index contributed by atoms with van der Waals surface area (Å²) in [6.07, 6.45) is 7.97. The van der Waals surface area contributed by atoms with Gasteiger partial charge in [0, 0.05) is 17.1 Å². The number of pyridine rings is 1. The molecule has 24 heavy (non-hydrogen) atoms. The van der Waals surface area contributed by atoms with Crippen molar-refractivity contribution in [2.24, 2.45) is 0 Å².